The van der Waals surface area contributed by atoms with Crippen molar-refractivity contribution in [2.45, 2.75) is 25.8 Å². The number of carbonyl (C=O) groups excluding carboxylic acids is 1. The number of fused-ring (bicyclic) bond motifs is 1. The Labute approximate surface area is 156 Å². The number of hydrogen-bond acceptors (Lipinski definition) is 2. The highest BCUT2D eigenvalue weighted by atomic mass is 79.9. The second-order valence-corrected chi connectivity index (χ2v) is 7.89. The quantitative estimate of drug-likeness (QED) is 0.629. The molecule has 1 fully saturated rings. The van der Waals surface area contributed by atoms with Gasteiger partial charge in [-0.3, -0.25) is 9.20 Å². The maximum atomic E-state index is 12.3. The normalized spacial score (nSPS) is 14.1. The van der Waals surface area contributed by atoms with Gasteiger partial charge in [0, 0.05) is 27.8 Å². The number of carbonyl (C=O) groups is 1. The minimum atomic E-state index is 0.0187. The molecule has 1 saturated carbocycles. The summed E-state index contributed by atoms with van der Waals surface area (Å²) < 4.78 is 3.94. The highest BCUT2D eigenvalue weighted by molar-refractivity contribution is 9.11. The lowest BCUT2D eigenvalue weighted by molar-refractivity contribution is 0.0950. The molecule has 0 radical (unpaired) electrons. The molecular weight excluding hydrogens is 434 g/mol. The predicted molar refractivity (Wildman–Crippen MR) is 101 cm³/mol. The van der Waals surface area contributed by atoms with E-state index in [-0.39, 0.29) is 5.91 Å². The Balaban J connectivity index is 1.74. The monoisotopic (exact) mass is 447 g/mol. The third-order valence-electron chi connectivity index (χ3n) is 4.21. The second kappa shape index (κ2) is 6.01. The molecule has 1 aliphatic carbocycles. The number of halogens is 2. The molecule has 2 aromatic heterocycles. The molecule has 0 aliphatic heterocycles. The molecule has 1 amide bonds. The van der Waals surface area contributed by atoms with Crippen molar-refractivity contribution in [2.75, 3.05) is 0 Å². The Morgan fingerprint density at radius 3 is 2.79 bits per heavy atom. The second-order valence-electron chi connectivity index (χ2n) is 6.12. The van der Waals surface area contributed by atoms with Crippen LogP contribution >= 0.6 is 31.9 Å². The van der Waals surface area contributed by atoms with Crippen LogP contribution in [0.1, 0.15) is 28.8 Å². The van der Waals surface area contributed by atoms with Crippen LogP contribution < -0.4 is 5.32 Å². The summed E-state index contributed by atoms with van der Waals surface area (Å²) in [6.07, 6.45) is 6.03. The Kier molecular flexibility index (Phi) is 3.96. The zero-order valence-electron chi connectivity index (χ0n) is 13.0. The van der Waals surface area contributed by atoms with E-state index in [1.807, 2.05) is 48.0 Å². The van der Waals surface area contributed by atoms with E-state index in [0.29, 0.717) is 6.04 Å². The van der Waals surface area contributed by atoms with Crippen LogP contribution in [0.3, 0.4) is 0 Å². The molecule has 122 valence electrons. The van der Waals surface area contributed by atoms with Gasteiger partial charge in [0.25, 0.3) is 5.91 Å². The lowest BCUT2D eigenvalue weighted by atomic mass is 10.0. The van der Waals surface area contributed by atoms with Crippen LogP contribution in [-0.4, -0.2) is 21.3 Å². The van der Waals surface area contributed by atoms with Gasteiger partial charge in [-0.1, -0.05) is 6.07 Å². The molecule has 0 unspecified atom stereocenters. The number of amides is 1. The third-order valence-corrected chi connectivity index (χ3v) is 5.22. The average Bonchev–Trinajstić information content (AvgIpc) is 3.23. The third kappa shape index (κ3) is 2.89. The van der Waals surface area contributed by atoms with Crippen molar-refractivity contribution in [2.24, 2.45) is 0 Å². The van der Waals surface area contributed by atoms with E-state index < -0.39 is 0 Å². The molecule has 4 rings (SSSR count). The molecular formula is C18H15Br2N3O. The molecule has 4 nitrogen and oxygen atoms in total. The zero-order chi connectivity index (χ0) is 16.8. The van der Waals surface area contributed by atoms with Crippen molar-refractivity contribution in [3.63, 3.8) is 0 Å². The van der Waals surface area contributed by atoms with Crippen molar-refractivity contribution in [3.8, 4) is 11.3 Å². The molecule has 6 heteroatoms. The molecule has 24 heavy (non-hydrogen) atoms. The summed E-state index contributed by atoms with van der Waals surface area (Å²) in [7, 11) is 0. The maximum absolute atomic E-state index is 12.3. The van der Waals surface area contributed by atoms with Gasteiger partial charge in [0.15, 0.2) is 5.65 Å². The van der Waals surface area contributed by atoms with Gasteiger partial charge in [-0.2, -0.15) is 0 Å². The fourth-order valence-electron chi connectivity index (χ4n) is 2.80. The Morgan fingerprint density at radius 1 is 1.29 bits per heavy atom. The number of aromatic nitrogens is 2. The van der Waals surface area contributed by atoms with Crippen molar-refractivity contribution < 1.29 is 4.79 Å². The smallest absolute Gasteiger partial charge is 0.251 e. The molecule has 2 heterocycles. The lowest BCUT2D eigenvalue weighted by Gasteiger charge is -2.09. The summed E-state index contributed by atoms with van der Waals surface area (Å²) in [5.74, 6) is 0.0187. The van der Waals surface area contributed by atoms with Gasteiger partial charge in [0.05, 0.1) is 16.4 Å². The summed E-state index contributed by atoms with van der Waals surface area (Å²) in [5.41, 5.74) is 4.59. The Bertz CT molecular complexity index is 960. The fourth-order valence-corrected chi connectivity index (χ4v) is 4.08. The molecule has 0 saturated heterocycles. The fraction of sp³-hybridized carbons (Fsp3) is 0.222. The van der Waals surface area contributed by atoms with Crippen LogP contribution in [-0.2, 0) is 0 Å². The van der Waals surface area contributed by atoms with Crippen molar-refractivity contribution in [3.05, 3.63) is 56.7 Å². The Hall–Kier alpha value is -1.66. The van der Waals surface area contributed by atoms with Crippen molar-refractivity contribution in [1.82, 2.24) is 14.7 Å². The number of imidazole rings is 1. The van der Waals surface area contributed by atoms with Gasteiger partial charge in [0.2, 0.25) is 0 Å². The van der Waals surface area contributed by atoms with Gasteiger partial charge < -0.3 is 5.32 Å². The van der Waals surface area contributed by atoms with E-state index in [9.17, 15) is 4.79 Å². The molecule has 1 aromatic carbocycles. The van der Waals surface area contributed by atoms with Crippen LogP contribution in [0.25, 0.3) is 16.9 Å². The van der Waals surface area contributed by atoms with Gasteiger partial charge in [0.1, 0.15) is 0 Å². The minimum Gasteiger partial charge on any atom is -0.349 e. The molecule has 1 N–H and O–H groups in total. The first kappa shape index (κ1) is 15.8. The first-order valence-corrected chi connectivity index (χ1v) is 9.35. The highest BCUT2D eigenvalue weighted by Crippen LogP contribution is 2.29. The first-order valence-electron chi connectivity index (χ1n) is 7.77. The number of benzene rings is 1. The summed E-state index contributed by atoms with van der Waals surface area (Å²) in [5, 5.41) is 3.04. The molecule has 1 aliphatic rings. The molecule has 0 spiro atoms. The number of nitrogens with one attached hydrogen (secondary N) is 1. The van der Waals surface area contributed by atoms with Crippen molar-refractivity contribution in [1.29, 1.82) is 0 Å². The van der Waals surface area contributed by atoms with E-state index in [2.05, 4.69) is 42.2 Å². The van der Waals surface area contributed by atoms with Gasteiger partial charge in [-0.15, -0.1) is 0 Å². The predicted octanol–water partition coefficient (Wildman–Crippen LogP) is 4.73. The largest absolute Gasteiger partial charge is 0.349 e. The SMILES string of the molecule is Cc1cc(-c2cnc3c(Br)cc(Br)cn23)ccc1C(=O)NC1CC1. The lowest BCUT2D eigenvalue weighted by Crippen LogP contribution is -2.26. The number of nitrogens with zero attached hydrogens (tertiary/aromatic N) is 2. The summed E-state index contributed by atoms with van der Waals surface area (Å²) in [6, 6.07) is 8.26. The summed E-state index contributed by atoms with van der Waals surface area (Å²) in [6.45, 7) is 1.97. The zero-order valence-corrected chi connectivity index (χ0v) is 16.2. The van der Waals surface area contributed by atoms with E-state index in [1.54, 1.807) is 0 Å². The first-order chi connectivity index (χ1) is 11.5. The number of rotatable bonds is 3. The van der Waals surface area contributed by atoms with Gasteiger partial charge in [-0.05, 0) is 75.4 Å². The van der Waals surface area contributed by atoms with Crippen LogP contribution in [0.2, 0.25) is 0 Å². The number of aryl methyl sites for hydroxylation is 1. The Morgan fingerprint density at radius 2 is 2.08 bits per heavy atom. The maximum Gasteiger partial charge on any atom is 0.251 e. The summed E-state index contributed by atoms with van der Waals surface area (Å²) in [4.78, 5) is 16.8. The molecule has 3 aromatic rings. The van der Waals surface area contributed by atoms with Gasteiger partial charge >= 0.3 is 0 Å². The highest BCUT2D eigenvalue weighted by Gasteiger charge is 2.24. The van der Waals surface area contributed by atoms with Crippen LogP contribution in [0.5, 0.6) is 0 Å². The average molecular weight is 449 g/mol. The van der Waals surface area contributed by atoms with E-state index >= 15 is 0 Å². The number of pyridine rings is 1. The van der Waals surface area contributed by atoms with Crippen molar-refractivity contribution >= 4 is 43.4 Å². The summed E-state index contributed by atoms with van der Waals surface area (Å²) >= 11 is 7.06. The standard InChI is InChI=1S/C18H15Br2N3O/c1-10-6-11(2-5-14(10)18(24)22-13-3-4-13)16-8-21-17-15(20)7-12(19)9-23(16)17/h2,5-9,13H,3-4H2,1H3,(H,22,24). The van der Waals surface area contributed by atoms with E-state index in [4.69, 9.17) is 0 Å². The topological polar surface area (TPSA) is 46.4 Å². The minimum absolute atomic E-state index is 0.0187. The van der Waals surface area contributed by atoms with E-state index in [1.165, 1.54) is 0 Å². The van der Waals surface area contributed by atoms with Crippen LogP contribution in [0.4, 0.5) is 0 Å². The van der Waals surface area contributed by atoms with E-state index in [0.717, 1.165) is 49.8 Å². The number of hydrogen-bond donors (Lipinski definition) is 1. The molecule has 0 atom stereocenters. The van der Waals surface area contributed by atoms with Crippen LogP contribution in [0.15, 0.2) is 45.6 Å². The van der Waals surface area contributed by atoms with Crippen LogP contribution in [0, 0.1) is 6.92 Å². The van der Waals surface area contributed by atoms with Gasteiger partial charge in [-0.25, -0.2) is 4.98 Å². The molecule has 0 bridgehead atoms.